The summed E-state index contributed by atoms with van der Waals surface area (Å²) in [6, 6.07) is 9.76. The molecular formula is C15H16N4OS. The molecule has 0 fully saturated rings. The Bertz CT molecular complexity index is 707. The number of hydrogen-bond acceptors (Lipinski definition) is 6. The van der Waals surface area contributed by atoms with E-state index < -0.39 is 0 Å². The van der Waals surface area contributed by atoms with Gasteiger partial charge < -0.3 is 10.3 Å². The van der Waals surface area contributed by atoms with Crippen LogP contribution >= 0.6 is 11.3 Å². The summed E-state index contributed by atoms with van der Waals surface area (Å²) in [6.45, 7) is 1.97. The number of aryl methyl sites for hydroxylation is 1. The number of hydrogen-bond donors (Lipinski definition) is 1. The highest BCUT2D eigenvalue weighted by molar-refractivity contribution is 7.09. The number of nitrogens with zero attached hydrogens (tertiary/aromatic N) is 3. The molecule has 0 saturated heterocycles. The third-order valence-corrected chi connectivity index (χ3v) is 4.04. The Balaban J connectivity index is 1.66. The average molecular weight is 300 g/mol. The Morgan fingerprint density at radius 2 is 2.05 bits per heavy atom. The minimum atomic E-state index is -0.285. The van der Waals surface area contributed by atoms with E-state index in [2.05, 4.69) is 15.1 Å². The molecule has 1 aromatic carbocycles. The second-order valence-corrected chi connectivity index (χ2v) is 5.85. The zero-order chi connectivity index (χ0) is 14.7. The molecule has 2 aromatic heterocycles. The summed E-state index contributed by atoms with van der Waals surface area (Å²) in [5.41, 5.74) is 8.30. The van der Waals surface area contributed by atoms with Gasteiger partial charge in [0.2, 0.25) is 5.89 Å². The fourth-order valence-electron chi connectivity index (χ4n) is 2.06. The molecule has 2 N–H and O–H groups in total. The number of nitrogens with two attached hydrogens (primary N) is 1. The molecule has 0 aliphatic carbocycles. The quantitative estimate of drug-likeness (QED) is 0.783. The van der Waals surface area contributed by atoms with E-state index in [-0.39, 0.29) is 6.04 Å². The van der Waals surface area contributed by atoms with Crippen molar-refractivity contribution < 1.29 is 4.52 Å². The fraction of sp³-hybridized carbons (Fsp3) is 0.267. The largest absolute Gasteiger partial charge is 0.338 e. The lowest BCUT2D eigenvalue weighted by Crippen LogP contribution is -2.13. The second kappa shape index (κ2) is 6.15. The highest BCUT2D eigenvalue weighted by Gasteiger charge is 2.16. The molecule has 0 aliphatic rings. The Kier molecular flexibility index (Phi) is 4.08. The van der Waals surface area contributed by atoms with Crippen molar-refractivity contribution in [2.45, 2.75) is 25.8 Å². The topological polar surface area (TPSA) is 77.8 Å². The lowest BCUT2D eigenvalue weighted by atomic mass is 10.1. The minimum Gasteiger partial charge on any atom is -0.338 e. The van der Waals surface area contributed by atoms with Gasteiger partial charge in [0.25, 0.3) is 0 Å². The van der Waals surface area contributed by atoms with Crippen LogP contribution in [0.15, 0.2) is 40.2 Å². The van der Waals surface area contributed by atoms with E-state index in [1.807, 2.05) is 42.6 Å². The predicted molar refractivity (Wildman–Crippen MR) is 81.0 cm³/mol. The zero-order valence-electron chi connectivity index (χ0n) is 11.7. The summed E-state index contributed by atoms with van der Waals surface area (Å²) in [7, 11) is 0. The van der Waals surface area contributed by atoms with E-state index in [0.717, 1.165) is 16.3 Å². The van der Waals surface area contributed by atoms with Gasteiger partial charge in [-0.05, 0) is 18.9 Å². The number of thiazole rings is 1. The van der Waals surface area contributed by atoms with Crippen LogP contribution in [0.2, 0.25) is 0 Å². The normalized spacial score (nSPS) is 12.5. The average Bonchev–Trinajstić information content (AvgIpc) is 3.10. The molecule has 6 heteroatoms. The highest BCUT2D eigenvalue weighted by atomic mass is 32.1. The number of rotatable bonds is 5. The molecule has 21 heavy (non-hydrogen) atoms. The molecule has 0 aliphatic heterocycles. The van der Waals surface area contributed by atoms with Crippen LogP contribution in [0.4, 0.5) is 0 Å². The van der Waals surface area contributed by atoms with Gasteiger partial charge in [-0.25, -0.2) is 4.98 Å². The molecular weight excluding hydrogens is 284 g/mol. The fourth-order valence-corrected chi connectivity index (χ4v) is 2.83. The summed E-state index contributed by atoms with van der Waals surface area (Å²) in [4.78, 5) is 8.77. The van der Waals surface area contributed by atoms with Crippen molar-refractivity contribution in [2.75, 3.05) is 0 Å². The van der Waals surface area contributed by atoms with Gasteiger partial charge in [-0.1, -0.05) is 35.5 Å². The van der Waals surface area contributed by atoms with Crippen LogP contribution < -0.4 is 5.73 Å². The van der Waals surface area contributed by atoms with E-state index in [4.69, 9.17) is 10.3 Å². The second-order valence-electron chi connectivity index (χ2n) is 4.90. The van der Waals surface area contributed by atoms with Crippen molar-refractivity contribution in [3.63, 3.8) is 0 Å². The summed E-state index contributed by atoms with van der Waals surface area (Å²) in [5.74, 6) is 1.10. The van der Waals surface area contributed by atoms with Gasteiger partial charge in [-0.3, -0.25) is 0 Å². The Morgan fingerprint density at radius 1 is 1.24 bits per heavy atom. The third kappa shape index (κ3) is 3.53. The molecule has 0 spiro atoms. The standard InChI is InChI=1S/C15H16N4OS/c1-10-9-21-14(17-10)8-13-18-15(20-19-13)12(16)7-11-5-3-2-4-6-11/h2-6,9,12H,7-8,16H2,1H3/t12-/m0/s1. The van der Waals surface area contributed by atoms with Gasteiger partial charge >= 0.3 is 0 Å². The lowest BCUT2D eigenvalue weighted by molar-refractivity contribution is 0.350. The Morgan fingerprint density at radius 3 is 2.76 bits per heavy atom. The SMILES string of the molecule is Cc1csc(Cc2noc([C@@H](N)Cc3ccccc3)n2)n1. The molecule has 3 rings (SSSR count). The van der Waals surface area contributed by atoms with Gasteiger partial charge in [0.15, 0.2) is 5.82 Å². The molecule has 0 amide bonds. The molecule has 0 radical (unpaired) electrons. The molecule has 2 heterocycles. The maximum Gasteiger partial charge on any atom is 0.243 e. The maximum atomic E-state index is 6.13. The first-order valence-corrected chi connectivity index (χ1v) is 7.61. The highest BCUT2D eigenvalue weighted by Crippen LogP contribution is 2.17. The van der Waals surface area contributed by atoms with Gasteiger partial charge in [0.1, 0.15) is 5.01 Å². The van der Waals surface area contributed by atoms with E-state index in [1.165, 1.54) is 0 Å². The predicted octanol–water partition coefficient (Wildman–Crippen LogP) is 2.67. The Hall–Kier alpha value is -2.05. The molecule has 1 atom stereocenters. The summed E-state index contributed by atoms with van der Waals surface area (Å²) >= 11 is 1.60. The van der Waals surface area contributed by atoms with Crippen molar-refractivity contribution in [3.05, 3.63) is 63.7 Å². The maximum absolute atomic E-state index is 6.13. The minimum absolute atomic E-state index is 0.285. The molecule has 0 saturated carbocycles. The summed E-state index contributed by atoms with van der Waals surface area (Å²) in [6.07, 6.45) is 1.26. The van der Waals surface area contributed by atoms with Crippen molar-refractivity contribution in [3.8, 4) is 0 Å². The van der Waals surface area contributed by atoms with Crippen LogP contribution in [0.3, 0.4) is 0 Å². The molecule has 0 bridgehead atoms. The van der Waals surface area contributed by atoms with E-state index in [9.17, 15) is 0 Å². The Labute approximate surface area is 126 Å². The first kappa shape index (κ1) is 13.9. The summed E-state index contributed by atoms with van der Waals surface area (Å²) < 4.78 is 5.27. The van der Waals surface area contributed by atoms with Gasteiger partial charge in [0.05, 0.1) is 12.5 Å². The molecule has 5 nitrogen and oxygen atoms in total. The molecule has 108 valence electrons. The summed E-state index contributed by atoms with van der Waals surface area (Å²) in [5, 5.41) is 6.98. The van der Waals surface area contributed by atoms with Crippen LogP contribution in [0.5, 0.6) is 0 Å². The number of aromatic nitrogens is 3. The van der Waals surface area contributed by atoms with Crippen LogP contribution in [0.25, 0.3) is 0 Å². The van der Waals surface area contributed by atoms with Crippen molar-refractivity contribution >= 4 is 11.3 Å². The van der Waals surface area contributed by atoms with Crippen LogP contribution in [-0.4, -0.2) is 15.1 Å². The van der Waals surface area contributed by atoms with Gasteiger partial charge in [0, 0.05) is 11.1 Å². The van der Waals surface area contributed by atoms with Crippen molar-refractivity contribution in [2.24, 2.45) is 5.73 Å². The van der Waals surface area contributed by atoms with Crippen molar-refractivity contribution in [1.29, 1.82) is 0 Å². The van der Waals surface area contributed by atoms with E-state index >= 15 is 0 Å². The first-order valence-electron chi connectivity index (χ1n) is 6.73. The van der Waals surface area contributed by atoms with E-state index in [0.29, 0.717) is 24.6 Å². The lowest BCUT2D eigenvalue weighted by Gasteiger charge is -2.05. The zero-order valence-corrected chi connectivity index (χ0v) is 12.5. The molecule has 3 aromatic rings. The van der Waals surface area contributed by atoms with Crippen LogP contribution in [0, 0.1) is 6.92 Å². The third-order valence-electron chi connectivity index (χ3n) is 3.08. The molecule has 0 unspecified atom stereocenters. The van der Waals surface area contributed by atoms with Crippen LogP contribution in [-0.2, 0) is 12.8 Å². The smallest absolute Gasteiger partial charge is 0.243 e. The van der Waals surface area contributed by atoms with Gasteiger partial charge in [-0.15, -0.1) is 11.3 Å². The van der Waals surface area contributed by atoms with Crippen molar-refractivity contribution in [1.82, 2.24) is 15.1 Å². The first-order chi connectivity index (χ1) is 10.2. The van der Waals surface area contributed by atoms with Gasteiger partial charge in [-0.2, -0.15) is 4.98 Å². The monoisotopic (exact) mass is 300 g/mol. The number of benzene rings is 1. The van der Waals surface area contributed by atoms with Crippen LogP contribution in [0.1, 0.15) is 34.0 Å². The van der Waals surface area contributed by atoms with E-state index in [1.54, 1.807) is 11.3 Å².